The number of aromatic nitrogens is 2. The van der Waals surface area contributed by atoms with E-state index in [2.05, 4.69) is 10.3 Å². The first kappa shape index (κ1) is 27.8. The van der Waals surface area contributed by atoms with Gasteiger partial charge in [0.05, 0.1) is 23.5 Å². The molecule has 0 radical (unpaired) electrons. The molecule has 4 unspecified atom stereocenters. The number of likely N-dealkylation sites (tertiary alicyclic amines) is 1. The number of nitrogens with zero attached hydrogens (tertiary/aromatic N) is 3. The minimum Gasteiger partial charge on any atom is -0.391 e. The third kappa shape index (κ3) is 5.75. The maximum Gasteiger partial charge on any atom is 0.234 e. The lowest BCUT2D eigenvalue weighted by Gasteiger charge is -2.29. The van der Waals surface area contributed by atoms with Crippen molar-refractivity contribution in [2.24, 2.45) is 5.92 Å². The van der Waals surface area contributed by atoms with Gasteiger partial charge in [-0.3, -0.25) is 9.59 Å². The summed E-state index contributed by atoms with van der Waals surface area (Å²) >= 11 is 0. The number of Topliss-reactive ketones (excluding diaryl/α,β-unsaturated/α-hetero) is 1. The Morgan fingerprint density at radius 3 is 2.37 bits per heavy atom. The van der Waals surface area contributed by atoms with Crippen LogP contribution in [-0.2, 0) is 15.0 Å². The topological polar surface area (TPSA) is 110 Å². The van der Waals surface area contributed by atoms with Gasteiger partial charge < -0.3 is 19.1 Å². The summed E-state index contributed by atoms with van der Waals surface area (Å²) in [4.78, 5) is 28.8. The monoisotopic (exact) mass is 521 g/mol. The highest BCUT2D eigenvalue weighted by atomic mass is 16.5. The molecule has 0 saturated carbocycles. The van der Waals surface area contributed by atoms with Gasteiger partial charge in [-0.05, 0) is 29.9 Å². The van der Waals surface area contributed by atoms with Crippen molar-refractivity contribution in [1.82, 2.24) is 15.2 Å². The Hall–Kier alpha value is -3.26. The fraction of sp³-hybridized carbons (Fsp3) is 0.533. The van der Waals surface area contributed by atoms with Crippen LogP contribution in [0.25, 0.3) is 11.1 Å². The Balaban J connectivity index is 1.49. The molecule has 3 aromatic rings. The van der Waals surface area contributed by atoms with Crippen LogP contribution in [0.2, 0.25) is 0 Å². The Kier molecular flexibility index (Phi) is 7.93. The molecule has 1 N–H and O–H groups in total. The lowest BCUT2D eigenvalue weighted by Crippen LogP contribution is -2.44. The van der Waals surface area contributed by atoms with Crippen LogP contribution in [0.1, 0.15) is 88.9 Å². The summed E-state index contributed by atoms with van der Waals surface area (Å²) in [5.74, 6) is -0.434. The summed E-state index contributed by atoms with van der Waals surface area (Å²) in [7, 11) is 0. The van der Waals surface area contributed by atoms with E-state index in [1.807, 2.05) is 78.8 Å². The van der Waals surface area contributed by atoms with E-state index in [0.717, 1.165) is 28.1 Å². The van der Waals surface area contributed by atoms with Gasteiger partial charge in [-0.25, -0.2) is 0 Å². The smallest absolute Gasteiger partial charge is 0.234 e. The predicted molar refractivity (Wildman–Crippen MR) is 144 cm³/mol. The second-order valence-corrected chi connectivity index (χ2v) is 12.0. The standard InChI is InChI=1S/C30H39N3O5/c1-17(2)28(26-14-27(32-38-26)30(5,6)7)29(36)33-15-22(34)13-24(33)25(35)12-18(3)20-8-10-21(11-9-20)23-16-37-31-19(23)4/h8-11,14,16-18,22,24,28,34H,12-13,15H2,1-7H3. The van der Waals surface area contributed by atoms with Crippen molar-refractivity contribution in [3.05, 3.63) is 59.3 Å². The molecule has 38 heavy (non-hydrogen) atoms. The first-order valence-electron chi connectivity index (χ1n) is 13.4. The highest BCUT2D eigenvalue weighted by Crippen LogP contribution is 2.34. The molecular formula is C30H39N3O5. The third-order valence-electron chi connectivity index (χ3n) is 7.52. The Labute approximate surface area is 224 Å². The van der Waals surface area contributed by atoms with Crippen LogP contribution in [0.15, 0.2) is 45.6 Å². The second kappa shape index (κ2) is 10.8. The van der Waals surface area contributed by atoms with Crippen molar-refractivity contribution >= 4 is 11.7 Å². The molecule has 1 amide bonds. The average Bonchev–Trinajstić information content (AvgIpc) is 3.58. The van der Waals surface area contributed by atoms with Gasteiger partial charge in [-0.2, -0.15) is 0 Å². The zero-order valence-corrected chi connectivity index (χ0v) is 23.4. The Bertz CT molecular complexity index is 1270. The van der Waals surface area contributed by atoms with Crippen LogP contribution in [-0.4, -0.2) is 50.7 Å². The zero-order valence-electron chi connectivity index (χ0n) is 23.4. The molecule has 8 nitrogen and oxygen atoms in total. The Morgan fingerprint density at radius 2 is 1.82 bits per heavy atom. The van der Waals surface area contributed by atoms with Crippen molar-refractivity contribution in [1.29, 1.82) is 0 Å². The first-order chi connectivity index (χ1) is 17.9. The van der Waals surface area contributed by atoms with Gasteiger partial charge in [-0.15, -0.1) is 0 Å². The van der Waals surface area contributed by atoms with Crippen LogP contribution in [0.4, 0.5) is 0 Å². The lowest BCUT2D eigenvalue weighted by atomic mass is 9.87. The maximum atomic E-state index is 13.8. The van der Waals surface area contributed by atoms with Gasteiger partial charge in [0.25, 0.3) is 0 Å². The van der Waals surface area contributed by atoms with Crippen LogP contribution >= 0.6 is 0 Å². The van der Waals surface area contributed by atoms with Crippen LogP contribution in [0.5, 0.6) is 0 Å². The van der Waals surface area contributed by atoms with Gasteiger partial charge >= 0.3 is 0 Å². The quantitative estimate of drug-likeness (QED) is 0.423. The molecule has 4 atom stereocenters. The number of aliphatic hydroxyl groups excluding tert-OH is 1. The van der Waals surface area contributed by atoms with Crippen molar-refractivity contribution in [2.45, 2.75) is 90.7 Å². The fourth-order valence-corrected chi connectivity index (χ4v) is 5.18. The molecule has 1 saturated heterocycles. The maximum absolute atomic E-state index is 13.8. The molecule has 1 aliphatic rings. The summed E-state index contributed by atoms with van der Waals surface area (Å²) in [6.45, 7) is 14.1. The van der Waals surface area contributed by atoms with Crippen molar-refractivity contribution < 1.29 is 23.7 Å². The third-order valence-corrected chi connectivity index (χ3v) is 7.52. The summed E-state index contributed by atoms with van der Waals surface area (Å²) in [5.41, 5.74) is 4.37. The molecular weight excluding hydrogens is 482 g/mol. The average molecular weight is 522 g/mol. The van der Waals surface area contributed by atoms with E-state index in [-0.39, 0.29) is 48.3 Å². The lowest BCUT2D eigenvalue weighted by molar-refractivity contribution is -0.140. The zero-order chi connectivity index (χ0) is 27.8. The summed E-state index contributed by atoms with van der Waals surface area (Å²) in [6, 6.07) is 9.21. The number of carbonyl (C=O) groups excluding carboxylic acids is 2. The van der Waals surface area contributed by atoms with E-state index in [1.165, 1.54) is 0 Å². The number of ketones is 1. The van der Waals surface area contributed by atoms with Gasteiger partial charge in [0.15, 0.2) is 5.78 Å². The van der Waals surface area contributed by atoms with Gasteiger partial charge in [0.2, 0.25) is 5.91 Å². The largest absolute Gasteiger partial charge is 0.391 e. The van der Waals surface area contributed by atoms with Crippen molar-refractivity contribution in [2.75, 3.05) is 6.54 Å². The normalized spacial score (nSPS) is 19.7. The molecule has 1 fully saturated rings. The first-order valence-corrected chi connectivity index (χ1v) is 13.4. The van der Waals surface area contributed by atoms with Crippen LogP contribution < -0.4 is 0 Å². The highest BCUT2D eigenvalue weighted by Gasteiger charge is 2.43. The molecule has 8 heteroatoms. The second-order valence-electron chi connectivity index (χ2n) is 12.0. The van der Waals surface area contributed by atoms with Gasteiger partial charge in [0.1, 0.15) is 17.9 Å². The number of β-amino-alcohol motifs (C(OH)–C–C–N with tert-alkyl or cyclic N) is 1. The molecule has 0 bridgehead atoms. The van der Waals surface area contributed by atoms with Gasteiger partial charge in [0, 0.05) is 36.4 Å². The minimum absolute atomic E-state index is 0.0423. The number of rotatable bonds is 8. The SMILES string of the molecule is Cc1nocc1-c1ccc(C(C)CC(=O)C2CC(O)CN2C(=O)C(c2cc(C(C)(C)C)no2)C(C)C)cc1. The number of amides is 1. The van der Waals surface area contributed by atoms with E-state index in [4.69, 9.17) is 9.05 Å². The van der Waals surface area contributed by atoms with Crippen LogP contribution in [0, 0.1) is 12.8 Å². The van der Waals surface area contributed by atoms with E-state index < -0.39 is 18.1 Å². The summed E-state index contributed by atoms with van der Waals surface area (Å²) in [5, 5.41) is 18.6. The minimum atomic E-state index is -0.734. The van der Waals surface area contributed by atoms with Crippen molar-refractivity contribution in [3.8, 4) is 11.1 Å². The van der Waals surface area contributed by atoms with E-state index >= 15 is 0 Å². The number of aliphatic hydroxyl groups is 1. The highest BCUT2D eigenvalue weighted by molar-refractivity contribution is 5.92. The molecule has 0 aliphatic carbocycles. The predicted octanol–water partition coefficient (Wildman–Crippen LogP) is 5.40. The van der Waals surface area contributed by atoms with E-state index in [0.29, 0.717) is 5.76 Å². The fourth-order valence-electron chi connectivity index (χ4n) is 5.18. The number of aryl methyl sites for hydroxylation is 1. The van der Waals surface area contributed by atoms with E-state index in [9.17, 15) is 14.7 Å². The summed E-state index contributed by atoms with van der Waals surface area (Å²) in [6.07, 6.45) is 1.41. The molecule has 2 aromatic heterocycles. The molecule has 1 aliphatic heterocycles. The number of benzene rings is 1. The number of carbonyl (C=O) groups is 2. The molecule has 204 valence electrons. The Morgan fingerprint density at radius 1 is 1.13 bits per heavy atom. The summed E-state index contributed by atoms with van der Waals surface area (Å²) < 4.78 is 10.7. The number of hydrogen-bond donors (Lipinski definition) is 1. The molecule has 3 heterocycles. The van der Waals surface area contributed by atoms with Crippen LogP contribution in [0.3, 0.4) is 0 Å². The molecule has 4 rings (SSSR count). The molecule has 0 spiro atoms. The van der Waals surface area contributed by atoms with E-state index in [1.54, 1.807) is 11.2 Å². The van der Waals surface area contributed by atoms with Gasteiger partial charge in [-0.1, -0.05) is 76.1 Å². The molecule has 1 aromatic carbocycles. The number of hydrogen-bond acceptors (Lipinski definition) is 7. The van der Waals surface area contributed by atoms with Crippen molar-refractivity contribution in [3.63, 3.8) is 0 Å².